The summed E-state index contributed by atoms with van der Waals surface area (Å²) in [5, 5.41) is 3.59. The minimum atomic E-state index is -1.03. The Balaban J connectivity index is 1.38. The summed E-state index contributed by atoms with van der Waals surface area (Å²) in [4.78, 5) is 42.3. The van der Waals surface area contributed by atoms with E-state index in [4.69, 9.17) is 9.47 Å². The minimum Gasteiger partial charge on any atom is -0.494 e. The van der Waals surface area contributed by atoms with Gasteiger partial charge in [-0.05, 0) is 18.2 Å². The fourth-order valence-electron chi connectivity index (χ4n) is 4.86. The molecule has 8 heteroatoms. The molecule has 1 atom stereocenters. The molecule has 2 N–H and O–H groups in total. The zero-order valence-corrected chi connectivity index (χ0v) is 19.7. The molecule has 0 saturated heterocycles. The topological polar surface area (TPSA) is 110 Å². The number of hydrogen-bond donors (Lipinski definition) is 2. The monoisotopic (exact) mass is 478 g/mol. The van der Waals surface area contributed by atoms with E-state index in [-0.39, 0.29) is 23.6 Å². The third-order valence-electron chi connectivity index (χ3n) is 6.59. The number of pyridine rings is 2. The van der Waals surface area contributed by atoms with Gasteiger partial charge in [-0.25, -0.2) is 4.98 Å². The largest absolute Gasteiger partial charge is 0.494 e. The molecule has 178 valence electrons. The van der Waals surface area contributed by atoms with Crippen molar-refractivity contribution in [1.82, 2.24) is 19.9 Å². The molecule has 0 amide bonds. The number of H-pyrrole nitrogens is 2. The van der Waals surface area contributed by atoms with Gasteiger partial charge in [0, 0.05) is 46.9 Å². The Morgan fingerprint density at radius 2 is 1.53 bits per heavy atom. The summed E-state index contributed by atoms with van der Waals surface area (Å²) in [6, 6.07) is 17.4. The van der Waals surface area contributed by atoms with E-state index in [1.54, 1.807) is 13.3 Å². The van der Waals surface area contributed by atoms with Gasteiger partial charge in [-0.15, -0.1) is 0 Å². The molecule has 0 saturated carbocycles. The minimum absolute atomic E-state index is 0.174. The Labute approximate surface area is 205 Å². The molecule has 0 fully saturated rings. The number of Topliss-reactive ketones (excluding diaryl/α,β-unsaturated/α-hetero) is 2. The van der Waals surface area contributed by atoms with Crippen molar-refractivity contribution in [2.45, 2.75) is 12.5 Å². The first-order valence-corrected chi connectivity index (χ1v) is 11.5. The van der Waals surface area contributed by atoms with E-state index in [9.17, 15) is 9.59 Å². The van der Waals surface area contributed by atoms with E-state index in [0.29, 0.717) is 16.8 Å². The number of carbonyl (C=O) groups excluding carboxylic acids is 2. The van der Waals surface area contributed by atoms with Gasteiger partial charge >= 0.3 is 0 Å². The van der Waals surface area contributed by atoms with Gasteiger partial charge in [0.1, 0.15) is 23.2 Å². The normalized spacial score (nSPS) is 12.5. The molecule has 36 heavy (non-hydrogen) atoms. The van der Waals surface area contributed by atoms with Crippen LogP contribution in [0.15, 0.2) is 67.0 Å². The highest BCUT2D eigenvalue weighted by molar-refractivity contribution is 6.19. The molecule has 0 spiro atoms. The highest BCUT2D eigenvalue weighted by Gasteiger charge is 2.29. The van der Waals surface area contributed by atoms with Crippen LogP contribution < -0.4 is 4.74 Å². The van der Waals surface area contributed by atoms with Crippen LogP contribution in [0.25, 0.3) is 43.6 Å². The van der Waals surface area contributed by atoms with Gasteiger partial charge in [-0.2, -0.15) is 0 Å². The Morgan fingerprint density at radius 1 is 0.833 bits per heavy atom. The zero-order valence-electron chi connectivity index (χ0n) is 19.7. The quantitative estimate of drug-likeness (QED) is 0.304. The predicted octanol–water partition coefficient (Wildman–Crippen LogP) is 5.22. The highest BCUT2D eigenvalue weighted by Crippen LogP contribution is 2.35. The van der Waals surface area contributed by atoms with E-state index in [1.165, 1.54) is 13.3 Å². The number of nitrogens with one attached hydrogen (secondary N) is 2. The number of carbonyl (C=O) groups is 2. The highest BCUT2D eigenvalue weighted by atomic mass is 16.5. The van der Waals surface area contributed by atoms with Crippen LogP contribution in [0.4, 0.5) is 0 Å². The second-order valence-electron chi connectivity index (χ2n) is 8.56. The number of aromatic nitrogens is 4. The van der Waals surface area contributed by atoms with Gasteiger partial charge in [-0.3, -0.25) is 14.6 Å². The molecule has 0 radical (unpaired) electrons. The number of para-hydroxylation sites is 2. The first-order valence-electron chi connectivity index (χ1n) is 11.5. The molecule has 0 bridgehead atoms. The van der Waals surface area contributed by atoms with Gasteiger partial charge in [-0.1, -0.05) is 36.4 Å². The van der Waals surface area contributed by atoms with Crippen molar-refractivity contribution < 1.29 is 19.1 Å². The summed E-state index contributed by atoms with van der Waals surface area (Å²) in [7, 11) is 2.98. The molecule has 0 aliphatic heterocycles. The number of rotatable bonds is 7. The van der Waals surface area contributed by atoms with Crippen molar-refractivity contribution in [1.29, 1.82) is 0 Å². The lowest BCUT2D eigenvalue weighted by molar-refractivity contribution is 0.0541. The maximum atomic E-state index is 13.6. The predicted molar refractivity (Wildman–Crippen MR) is 138 cm³/mol. The van der Waals surface area contributed by atoms with Crippen LogP contribution in [0.2, 0.25) is 0 Å². The Hall–Kier alpha value is -4.56. The van der Waals surface area contributed by atoms with Crippen molar-refractivity contribution in [3.05, 3.63) is 78.4 Å². The number of ether oxygens (including phenoxy) is 2. The molecule has 2 aromatic carbocycles. The molecule has 4 heterocycles. The maximum absolute atomic E-state index is 13.6. The third-order valence-corrected chi connectivity index (χ3v) is 6.59. The van der Waals surface area contributed by atoms with Gasteiger partial charge in [0.25, 0.3) is 0 Å². The van der Waals surface area contributed by atoms with Crippen molar-refractivity contribution >= 4 is 55.2 Å². The van der Waals surface area contributed by atoms with Crippen molar-refractivity contribution in [3.8, 4) is 5.75 Å². The summed E-state index contributed by atoms with van der Waals surface area (Å²) in [5.41, 5.74) is 3.43. The number of aromatic amines is 2. The number of benzene rings is 2. The van der Waals surface area contributed by atoms with Crippen LogP contribution in [0, 0.1) is 0 Å². The summed E-state index contributed by atoms with van der Waals surface area (Å²) in [6.07, 6.45) is 1.93. The molecule has 8 nitrogen and oxygen atoms in total. The van der Waals surface area contributed by atoms with Crippen molar-refractivity contribution in [3.63, 3.8) is 0 Å². The molecular formula is C28H22N4O4. The van der Waals surface area contributed by atoms with Gasteiger partial charge in [0.05, 0.1) is 29.7 Å². The number of ketones is 2. The number of nitrogens with zero attached hydrogens (tertiary/aromatic N) is 2. The average Bonchev–Trinajstić information content (AvgIpc) is 3.49. The molecular weight excluding hydrogens is 456 g/mol. The average molecular weight is 479 g/mol. The summed E-state index contributed by atoms with van der Waals surface area (Å²) in [5.74, 6) is -0.138. The summed E-state index contributed by atoms with van der Waals surface area (Å²) >= 11 is 0. The zero-order chi connectivity index (χ0) is 24.8. The van der Waals surface area contributed by atoms with Gasteiger partial charge < -0.3 is 19.4 Å². The summed E-state index contributed by atoms with van der Waals surface area (Å²) < 4.78 is 11.0. The molecule has 6 rings (SSSR count). The van der Waals surface area contributed by atoms with Crippen LogP contribution in [0.1, 0.15) is 27.4 Å². The van der Waals surface area contributed by atoms with Crippen LogP contribution in [-0.2, 0) is 4.74 Å². The first-order chi connectivity index (χ1) is 17.6. The van der Waals surface area contributed by atoms with Gasteiger partial charge in [0.2, 0.25) is 5.78 Å². The fourth-order valence-corrected chi connectivity index (χ4v) is 4.86. The number of methoxy groups -OCH3 is 2. The van der Waals surface area contributed by atoms with Crippen LogP contribution in [-0.4, -0.2) is 51.8 Å². The SMILES string of the molecule is COc1cnc(C(=O)[C@@H](CC(=O)c2nccc3c2[nH]c2ccccc23)OC)c2[nH]c3ccccc3c12. The number of hydrogen-bond acceptors (Lipinski definition) is 6. The van der Waals surface area contributed by atoms with E-state index in [2.05, 4.69) is 19.9 Å². The Morgan fingerprint density at radius 3 is 2.28 bits per heavy atom. The second-order valence-corrected chi connectivity index (χ2v) is 8.56. The smallest absolute Gasteiger partial charge is 0.212 e. The first kappa shape index (κ1) is 21.9. The van der Waals surface area contributed by atoms with Crippen LogP contribution in [0.3, 0.4) is 0 Å². The van der Waals surface area contributed by atoms with Crippen LogP contribution in [0.5, 0.6) is 5.75 Å². The second kappa shape index (κ2) is 8.58. The van der Waals surface area contributed by atoms with Crippen LogP contribution >= 0.6 is 0 Å². The Bertz CT molecular complexity index is 1800. The van der Waals surface area contributed by atoms with E-state index in [1.807, 2.05) is 54.6 Å². The van der Waals surface area contributed by atoms with E-state index >= 15 is 0 Å². The standard InChI is InChI=1S/C28H22N4O4/c1-35-21(13-20(33)25-24-16(11-12-29-25)15-7-3-5-9-18(15)31-24)28(34)27-26-23(22(36-2)14-30-27)17-8-4-6-10-19(17)32-26/h3-12,14,21,31-32H,13H2,1-2H3/t21-/m1/s1. The Kier molecular flexibility index (Phi) is 5.23. The molecule has 0 aliphatic rings. The third kappa shape index (κ3) is 3.34. The molecule has 6 aromatic rings. The lowest BCUT2D eigenvalue weighted by atomic mass is 10.0. The van der Waals surface area contributed by atoms with E-state index in [0.717, 1.165) is 32.6 Å². The summed E-state index contributed by atoms with van der Waals surface area (Å²) in [6.45, 7) is 0. The molecule has 4 aromatic heterocycles. The maximum Gasteiger partial charge on any atom is 0.212 e. The van der Waals surface area contributed by atoms with E-state index < -0.39 is 11.9 Å². The van der Waals surface area contributed by atoms with Crippen molar-refractivity contribution in [2.24, 2.45) is 0 Å². The molecule has 0 aliphatic carbocycles. The molecule has 0 unspecified atom stereocenters. The number of fused-ring (bicyclic) bond motifs is 6. The van der Waals surface area contributed by atoms with Crippen molar-refractivity contribution in [2.75, 3.05) is 14.2 Å². The fraction of sp³-hybridized carbons (Fsp3) is 0.143. The van der Waals surface area contributed by atoms with Gasteiger partial charge in [0.15, 0.2) is 5.78 Å². The lowest BCUT2D eigenvalue weighted by Crippen LogP contribution is -2.27. The lowest BCUT2D eigenvalue weighted by Gasteiger charge is -2.14.